The van der Waals surface area contributed by atoms with Crippen LogP contribution in [0.25, 0.3) is 0 Å². The lowest BCUT2D eigenvalue weighted by atomic mass is 10.1. The van der Waals surface area contributed by atoms with Crippen LogP contribution in [0.1, 0.15) is 39.5 Å². The molecule has 0 radical (unpaired) electrons. The molecule has 0 saturated heterocycles. The van der Waals surface area contributed by atoms with Gasteiger partial charge in [0.15, 0.2) is 0 Å². The zero-order valence-electron chi connectivity index (χ0n) is 9.19. The summed E-state index contributed by atoms with van der Waals surface area (Å²) in [5.41, 5.74) is 0. The summed E-state index contributed by atoms with van der Waals surface area (Å²) in [6, 6.07) is -0.0752. The summed E-state index contributed by atoms with van der Waals surface area (Å²) in [5.74, 6) is -1.44. The van der Waals surface area contributed by atoms with Crippen molar-refractivity contribution < 1.29 is 18.3 Å². The molecule has 0 aliphatic rings. The number of nitrogens with one attached hydrogen (secondary N) is 1. The molecule has 0 fully saturated rings. The second-order valence-electron chi connectivity index (χ2n) is 3.47. The summed E-state index contributed by atoms with van der Waals surface area (Å²) >= 11 is 0. The second-order valence-corrected chi connectivity index (χ2v) is 5.35. The second kappa shape index (κ2) is 6.79. The predicted molar refractivity (Wildman–Crippen MR) is 58.2 cm³/mol. The number of carboxylic acid groups (broad SMARTS) is 1. The Labute approximate surface area is 90.9 Å². The maximum absolute atomic E-state index is 11.4. The van der Waals surface area contributed by atoms with Gasteiger partial charge in [0.25, 0.3) is 0 Å². The van der Waals surface area contributed by atoms with Crippen molar-refractivity contribution in [3.05, 3.63) is 0 Å². The van der Waals surface area contributed by atoms with Crippen LogP contribution in [0.4, 0.5) is 0 Å². The van der Waals surface area contributed by atoms with Crippen molar-refractivity contribution >= 4 is 16.0 Å². The van der Waals surface area contributed by atoms with Gasteiger partial charge in [-0.1, -0.05) is 20.3 Å². The zero-order valence-corrected chi connectivity index (χ0v) is 10.0. The average molecular weight is 237 g/mol. The highest BCUT2D eigenvalue weighted by molar-refractivity contribution is 7.89. The van der Waals surface area contributed by atoms with E-state index in [1.54, 1.807) is 0 Å². The first-order valence-electron chi connectivity index (χ1n) is 5.13. The van der Waals surface area contributed by atoms with Crippen molar-refractivity contribution in [1.29, 1.82) is 0 Å². The van der Waals surface area contributed by atoms with Crippen LogP contribution in [0, 0.1) is 0 Å². The molecule has 0 saturated carbocycles. The molecule has 0 aromatic heterocycles. The minimum atomic E-state index is -3.44. The summed E-state index contributed by atoms with van der Waals surface area (Å²) in [7, 11) is -3.44. The lowest BCUT2D eigenvalue weighted by Crippen LogP contribution is -2.36. The molecule has 0 aromatic rings. The van der Waals surface area contributed by atoms with Crippen molar-refractivity contribution in [3.63, 3.8) is 0 Å². The Hall–Kier alpha value is -0.620. The van der Waals surface area contributed by atoms with Gasteiger partial charge in [-0.05, 0) is 12.8 Å². The molecule has 0 aromatic carbocycles. The van der Waals surface area contributed by atoms with E-state index in [4.69, 9.17) is 5.11 Å². The standard InChI is InChI=1S/C9H19NO4S/c1-3-5-8(4-2)10-15(13,14)7-6-9(11)12/h8,10H,3-7H2,1-2H3,(H,11,12). The fraction of sp³-hybridized carbons (Fsp3) is 0.889. The molecule has 2 N–H and O–H groups in total. The first-order chi connectivity index (χ1) is 6.91. The van der Waals surface area contributed by atoms with Crippen LogP contribution in [0.15, 0.2) is 0 Å². The van der Waals surface area contributed by atoms with Crippen LogP contribution in [-0.4, -0.2) is 31.3 Å². The average Bonchev–Trinajstić information content (AvgIpc) is 2.14. The maximum atomic E-state index is 11.4. The summed E-state index contributed by atoms with van der Waals surface area (Å²) < 4.78 is 25.3. The molecular weight excluding hydrogens is 218 g/mol. The first kappa shape index (κ1) is 14.4. The van der Waals surface area contributed by atoms with Gasteiger partial charge in [-0.15, -0.1) is 0 Å². The molecule has 1 atom stereocenters. The third-order valence-electron chi connectivity index (χ3n) is 2.06. The Kier molecular flexibility index (Phi) is 6.51. The van der Waals surface area contributed by atoms with Crippen molar-refractivity contribution in [2.45, 2.75) is 45.6 Å². The summed E-state index contributed by atoms with van der Waals surface area (Å²) in [6.07, 6.45) is 2.06. The molecule has 0 aliphatic carbocycles. The van der Waals surface area contributed by atoms with Gasteiger partial charge in [0.05, 0.1) is 12.2 Å². The lowest BCUT2D eigenvalue weighted by Gasteiger charge is -2.15. The highest BCUT2D eigenvalue weighted by Crippen LogP contribution is 2.03. The van der Waals surface area contributed by atoms with E-state index in [2.05, 4.69) is 4.72 Å². The number of carbonyl (C=O) groups is 1. The van der Waals surface area contributed by atoms with Crippen molar-refractivity contribution in [1.82, 2.24) is 4.72 Å². The van der Waals surface area contributed by atoms with Gasteiger partial charge in [-0.3, -0.25) is 4.79 Å². The zero-order chi connectivity index (χ0) is 11.9. The van der Waals surface area contributed by atoms with Crippen LogP contribution >= 0.6 is 0 Å². The minimum absolute atomic E-state index is 0.0752. The molecular formula is C9H19NO4S. The van der Waals surface area contributed by atoms with Gasteiger partial charge in [-0.25, -0.2) is 13.1 Å². The van der Waals surface area contributed by atoms with Gasteiger partial charge in [0.1, 0.15) is 0 Å². The molecule has 90 valence electrons. The smallest absolute Gasteiger partial charge is 0.304 e. The fourth-order valence-corrected chi connectivity index (χ4v) is 2.58. The van der Waals surface area contributed by atoms with E-state index in [1.165, 1.54) is 0 Å². The highest BCUT2D eigenvalue weighted by Gasteiger charge is 2.16. The molecule has 6 heteroatoms. The molecule has 1 unspecified atom stereocenters. The van der Waals surface area contributed by atoms with Crippen molar-refractivity contribution in [2.75, 3.05) is 5.75 Å². The van der Waals surface area contributed by atoms with Gasteiger partial charge >= 0.3 is 5.97 Å². The largest absolute Gasteiger partial charge is 0.481 e. The van der Waals surface area contributed by atoms with E-state index in [9.17, 15) is 13.2 Å². The lowest BCUT2D eigenvalue weighted by molar-refractivity contribution is -0.136. The quantitative estimate of drug-likeness (QED) is 0.658. The number of carboxylic acids is 1. The van der Waals surface area contributed by atoms with Crippen molar-refractivity contribution in [3.8, 4) is 0 Å². The Bertz CT molecular complexity index is 286. The third-order valence-corrected chi connectivity index (χ3v) is 3.49. The summed E-state index contributed by atoms with van der Waals surface area (Å²) in [4.78, 5) is 10.2. The molecule has 0 amide bonds. The maximum Gasteiger partial charge on any atom is 0.304 e. The van der Waals surface area contributed by atoms with Crippen LogP contribution in [0.5, 0.6) is 0 Å². The number of rotatable bonds is 8. The molecule has 5 nitrogen and oxygen atoms in total. The topological polar surface area (TPSA) is 83.5 Å². The van der Waals surface area contributed by atoms with Crippen molar-refractivity contribution in [2.24, 2.45) is 0 Å². The Morgan fingerprint density at radius 2 is 2.00 bits per heavy atom. The normalized spacial score (nSPS) is 13.7. The molecule has 15 heavy (non-hydrogen) atoms. The summed E-state index contributed by atoms with van der Waals surface area (Å²) in [5, 5.41) is 8.38. The van der Waals surface area contributed by atoms with E-state index in [1.807, 2.05) is 13.8 Å². The molecule has 0 rings (SSSR count). The summed E-state index contributed by atoms with van der Waals surface area (Å²) in [6.45, 7) is 3.88. The Balaban J connectivity index is 4.16. The monoisotopic (exact) mass is 237 g/mol. The number of hydrogen-bond donors (Lipinski definition) is 2. The number of sulfonamides is 1. The van der Waals surface area contributed by atoms with E-state index >= 15 is 0 Å². The van der Waals surface area contributed by atoms with Gasteiger partial charge in [0.2, 0.25) is 10.0 Å². The SMILES string of the molecule is CCCC(CC)NS(=O)(=O)CCC(=O)O. The number of hydrogen-bond acceptors (Lipinski definition) is 3. The van der Waals surface area contributed by atoms with E-state index in [-0.39, 0.29) is 18.2 Å². The molecule has 0 spiro atoms. The van der Waals surface area contributed by atoms with E-state index < -0.39 is 16.0 Å². The van der Waals surface area contributed by atoms with E-state index in [0.29, 0.717) is 0 Å². The van der Waals surface area contributed by atoms with Crippen LogP contribution in [0.3, 0.4) is 0 Å². The first-order valence-corrected chi connectivity index (χ1v) is 6.78. The Morgan fingerprint density at radius 3 is 2.40 bits per heavy atom. The van der Waals surface area contributed by atoms with Gasteiger partial charge in [-0.2, -0.15) is 0 Å². The van der Waals surface area contributed by atoms with E-state index in [0.717, 1.165) is 19.3 Å². The Morgan fingerprint density at radius 1 is 1.40 bits per heavy atom. The van der Waals surface area contributed by atoms with Crippen LogP contribution in [-0.2, 0) is 14.8 Å². The van der Waals surface area contributed by atoms with Crippen LogP contribution < -0.4 is 4.72 Å². The highest BCUT2D eigenvalue weighted by atomic mass is 32.2. The minimum Gasteiger partial charge on any atom is -0.481 e. The van der Waals surface area contributed by atoms with Crippen LogP contribution in [0.2, 0.25) is 0 Å². The molecule has 0 aliphatic heterocycles. The van der Waals surface area contributed by atoms with Gasteiger partial charge in [0, 0.05) is 6.04 Å². The fourth-order valence-electron chi connectivity index (χ4n) is 1.23. The number of aliphatic carboxylic acids is 1. The third kappa shape index (κ3) is 7.33. The molecule has 0 heterocycles. The van der Waals surface area contributed by atoms with Gasteiger partial charge < -0.3 is 5.11 Å². The molecule has 0 bridgehead atoms. The predicted octanol–water partition coefficient (Wildman–Crippen LogP) is 0.959.